The first-order valence-electron chi connectivity index (χ1n) is 8.74. The van der Waals surface area contributed by atoms with Gasteiger partial charge in [0.05, 0.1) is 14.2 Å². The van der Waals surface area contributed by atoms with E-state index in [1.807, 2.05) is 20.8 Å². The number of carbonyl (C=O) groups is 2. The largest absolute Gasteiger partial charge is 0.493 e. The number of amides is 2. The van der Waals surface area contributed by atoms with E-state index in [-0.39, 0.29) is 18.0 Å². The molecular weight excluding hydrogens is 336 g/mol. The van der Waals surface area contributed by atoms with E-state index in [0.717, 1.165) is 12.8 Å². The predicted molar refractivity (Wildman–Crippen MR) is 97.8 cm³/mol. The van der Waals surface area contributed by atoms with Crippen molar-refractivity contribution >= 4 is 12.0 Å². The van der Waals surface area contributed by atoms with Crippen molar-refractivity contribution in [1.29, 1.82) is 0 Å². The molecule has 0 aromatic heterocycles. The van der Waals surface area contributed by atoms with Gasteiger partial charge in [-0.05, 0) is 51.8 Å². The highest BCUT2D eigenvalue weighted by molar-refractivity contribution is 5.95. The highest BCUT2D eigenvalue weighted by Crippen LogP contribution is 2.27. The van der Waals surface area contributed by atoms with Crippen molar-refractivity contribution < 1.29 is 23.8 Å². The summed E-state index contributed by atoms with van der Waals surface area (Å²) in [5.41, 5.74) is -0.0514. The van der Waals surface area contributed by atoms with Gasteiger partial charge in [-0.15, -0.1) is 0 Å². The molecule has 0 unspecified atom stereocenters. The number of rotatable bonds is 4. The Hall–Kier alpha value is -2.44. The van der Waals surface area contributed by atoms with E-state index < -0.39 is 5.60 Å². The number of ether oxygens (including phenoxy) is 3. The molecule has 0 radical (unpaired) electrons. The van der Waals surface area contributed by atoms with Crippen molar-refractivity contribution in [1.82, 2.24) is 10.2 Å². The Balaban J connectivity index is 1.99. The second-order valence-corrected chi connectivity index (χ2v) is 7.31. The summed E-state index contributed by atoms with van der Waals surface area (Å²) in [6, 6.07) is 4.91. The van der Waals surface area contributed by atoms with Gasteiger partial charge in [0, 0.05) is 24.7 Å². The van der Waals surface area contributed by atoms with Crippen LogP contribution in [0.25, 0.3) is 0 Å². The summed E-state index contributed by atoms with van der Waals surface area (Å²) >= 11 is 0. The minimum Gasteiger partial charge on any atom is -0.493 e. The lowest BCUT2D eigenvalue weighted by atomic mass is 10.1. The third kappa shape index (κ3) is 5.28. The number of benzene rings is 1. The molecular formula is C19H28N2O5. The number of carbonyl (C=O) groups excluding carboxylic acids is 2. The molecule has 1 aromatic carbocycles. The Bertz CT molecular complexity index is 654. The summed E-state index contributed by atoms with van der Waals surface area (Å²) in [5, 5.41) is 2.99. The zero-order valence-corrected chi connectivity index (χ0v) is 16.1. The summed E-state index contributed by atoms with van der Waals surface area (Å²) in [6.45, 7) is 6.59. The van der Waals surface area contributed by atoms with Crippen LogP contribution in [0.1, 0.15) is 44.0 Å². The fourth-order valence-corrected chi connectivity index (χ4v) is 2.83. The van der Waals surface area contributed by atoms with Gasteiger partial charge in [-0.3, -0.25) is 4.79 Å². The molecule has 7 heteroatoms. The number of nitrogens with one attached hydrogen (secondary N) is 1. The maximum atomic E-state index is 12.5. The Labute approximate surface area is 154 Å². The minimum atomic E-state index is -0.535. The van der Waals surface area contributed by atoms with Crippen LogP contribution in [-0.2, 0) is 4.74 Å². The standard InChI is InChI=1S/C19H28N2O5/c1-19(2,3)26-18(23)21-10-6-7-14(12-21)20-17(22)13-8-9-15(24-4)16(11-13)25-5/h8-9,11,14H,6-7,10,12H2,1-5H3,(H,20,22)/t14-/m1/s1. The molecule has 0 spiro atoms. The molecule has 2 amide bonds. The molecule has 1 aliphatic heterocycles. The molecule has 0 bridgehead atoms. The molecule has 26 heavy (non-hydrogen) atoms. The molecule has 0 aliphatic carbocycles. The van der Waals surface area contributed by atoms with Gasteiger partial charge in [0.1, 0.15) is 5.60 Å². The van der Waals surface area contributed by atoms with Crippen molar-refractivity contribution in [2.24, 2.45) is 0 Å². The van der Waals surface area contributed by atoms with E-state index in [9.17, 15) is 9.59 Å². The quantitative estimate of drug-likeness (QED) is 0.889. The van der Waals surface area contributed by atoms with Gasteiger partial charge in [-0.2, -0.15) is 0 Å². The van der Waals surface area contributed by atoms with Crippen molar-refractivity contribution in [2.75, 3.05) is 27.3 Å². The van der Waals surface area contributed by atoms with Crippen LogP contribution in [-0.4, -0.2) is 55.9 Å². The molecule has 0 saturated carbocycles. The third-order valence-electron chi connectivity index (χ3n) is 4.05. The van der Waals surface area contributed by atoms with Gasteiger partial charge in [0.15, 0.2) is 11.5 Å². The molecule has 1 aromatic rings. The first-order chi connectivity index (χ1) is 12.2. The maximum absolute atomic E-state index is 12.5. The topological polar surface area (TPSA) is 77.1 Å². The van der Waals surface area contributed by atoms with Gasteiger partial charge in [-0.25, -0.2) is 4.79 Å². The van der Waals surface area contributed by atoms with E-state index in [1.54, 1.807) is 30.2 Å². The number of likely N-dealkylation sites (tertiary alicyclic amines) is 1. The first kappa shape index (κ1) is 19.9. The average molecular weight is 364 g/mol. The monoisotopic (exact) mass is 364 g/mol. The Morgan fingerprint density at radius 3 is 2.46 bits per heavy atom. The second-order valence-electron chi connectivity index (χ2n) is 7.31. The van der Waals surface area contributed by atoms with Crippen molar-refractivity contribution in [3.8, 4) is 11.5 Å². The van der Waals surface area contributed by atoms with Crippen LogP contribution in [0.2, 0.25) is 0 Å². The molecule has 1 aliphatic rings. The normalized spacial score (nSPS) is 17.4. The highest BCUT2D eigenvalue weighted by atomic mass is 16.6. The van der Waals surface area contributed by atoms with Crippen molar-refractivity contribution in [3.63, 3.8) is 0 Å². The van der Waals surface area contributed by atoms with E-state index in [2.05, 4.69) is 5.32 Å². The zero-order chi connectivity index (χ0) is 19.3. The number of piperidine rings is 1. The lowest BCUT2D eigenvalue weighted by Gasteiger charge is -2.34. The molecule has 1 saturated heterocycles. The van der Waals surface area contributed by atoms with Gasteiger partial charge in [0.25, 0.3) is 5.91 Å². The van der Waals surface area contributed by atoms with Crippen molar-refractivity contribution in [3.05, 3.63) is 23.8 Å². The number of hydrogen-bond acceptors (Lipinski definition) is 5. The van der Waals surface area contributed by atoms with E-state index in [0.29, 0.717) is 30.2 Å². The summed E-state index contributed by atoms with van der Waals surface area (Å²) in [6.07, 6.45) is 1.29. The Kier molecular flexibility index (Phi) is 6.34. The van der Waals surface area contributed by atoms with Crippen LogP contribution in [0.3, 0.4) is 0 Å². The summed E-state index contributed by atoms with van der Waals surface area (Å²) < 4.78 is 15.8. The van der Waals surface area contributed by atoms with Gasteiger partial charge in [-0.1, -0.05) is 0 Å². The maximum Gasteiger partial charge on any atom is 0.410 e. The third-order valence-corrected chi connectivity index (χ3v) is 4.05. The van der Waals surface area contributed by atoms with E-state index in [4.69, 9.17) is 14.2 Å². The highest BCUT2D eigenvalue weighted by Gasteiger charge is 2.28. The second kappa shape index (κ2) is 8.29. The van der Waals surface area contributed by atoms with Crippen LogP contribution in [0.4, 0.5) is 4.79 Å². The summed E-state index contributed by atoms with van der Waals surface area (Å²) in [7, 11) is 3.07. The van der Waals surface area contributed by atoms with Crippen LogP contribution in [0.5, 0.6) is 11.5 Å². The van der Waals surface area contributed by atoms with Gasteiger partial charge in [0.2, 0.25) is 0 Å². The lowest BCUT2D eigenvalue weighted by Crippen LogP contribution is -2.50. The van der Waals surface area contributed by atoms with Gasteiger partial charge < -0.3 is 24.4 Å². The summed E-state index contributed by atoms with van der Waals surface area (Å²) in [5.74, 6) is 0.860. The molecule has 1 heterocycles. The number of methoxy groups -OCH3 is 2. The Morgan fingerprint density at radius 2 is 1.85 bits per heavy atom. The number of hydrogen-bond donors (Lipinski definition) is 1. The van der Waals surface area contributed by atoms with Crippen LogP contribution in [0.15, 0.2) is 18.2 Å². The fourth-order valence-electron chi connectivity index (χ4n) is 2.83. The van der Waals surface area contributed by atoms with Crippen molar-refractivity contribution in [2.45, 2.75) is 45.3 Å². The molecule has 1 fully saturated rings. The van der Waals surface area contributed by atoms with Gasteiger partial charge >= 0.3 is 6.09 Å². The first-order valence-corrected chi connectivity index (χ1v) is 8.74. The molecule has 1 N–H and O–H groups in total. The predicted octanol–water partition coefficient (Wildman–Crippen LogP) is 2.83. The van der Waals surface area contributed by atoms with E-state index in [1.165, 1.54) is 7.11 Å². The minimum absolute atomic E-state index is 0.114. The van der Waals surface area contributed by atoms with Crippen LogP contribution in [0, 0.1) is 0 Å². The molecule has 1 atom stereocenters. The molecule has 7 nitrogen and oxygen atoms in total. The molecule has 2 rings (SSSR count). The van der Waals surface area contributed by atoms with Crippen LogP contribution >= 0.6 is 0 Å². The fraction of sp³-hybridized carbons (Fsp3) is 0.579. The summed E-state index contributed by atoms with van der Waals surface area (Å²) in [4.78, 5) is 26.4. The zero-order valence-electron chi connectivity index (χ0n) is 16.1. The van der Waals surface area contributed by atoms with Crippen LogP contribution < -0.4 is 14.8 Å². The number of nitrogens with zero attached hydrogens (tertiary/aromatic N) is 1. The Morgan fingerprint density at radius 1 is 1.15 bits per heavy atom. The van der Waals surface area contributed by atoms with E-state index >= 15 is 0 Å². The average Bonchev–Trinajstić information content (AvgIpc) is 2.59. The lowest BCUT2D eigenvalue weighted by molar-refractivity contribution is 0.0185. The smallest absolute Gasteiger partial charge is 0.410 e. The molecule has 144 valence electrons. The SMILES string of the molecule is COc1ccc(C(=O)N[C@@H]2CCCN(C(=O)OC(C)(C)C)C2)cc1OC.